The number of piperidine rings is 1. The average Bonchev–Trinajstić information content (AvgIpc) is 3.26. The van der Waals surface area contributed by atoms with Crippen LogP contribution in [0, 0.1) is 0 Å². The lowest BCUT2D eigenvalue weighted by molar-refractivity contribution is 0.303. The molecule has 0 aliphatic carbocycles. The molecule has 2 aromatic heterocycles. The van der Waals surface area contributed by atoms with Crippen LogP contribution in [-0.4, -0.2) is 45.1 Å². The average molecular weight is 388 g/mol. The highest BCUT2D eigenvalue weighted by Gasteiger charge is 2.34. The van der Waals surface area contributed by atoms with Crippen molar-refractivity contribution in [3.8, 4) is 0 Å². The summed E-state index contributed by atoms with van der Waals surface area (Å²) in [5.41, 5.74) is 2.07. The van der Waals surface area contributed by atoms with Crippen LogP contribution in [0.25, 0.3) is 11.0 Å². The maximum absolute atomic E-state index is 13.0. The highest BCUT2D eigenvalue weighted by atomic mass is 32.2. The summed E-state index contributed by atoms with van der Waals surface area (Å²) < 4.78 is 31.4. The summed E-state index contributed by atoms with van der Waals surface area (Å²) in [7, 11) is -1.81. The van der Waals surface area contributed by atoms with E-state index in [2.05, 4.69) is 29.6 Å². The molecule has 8 heteroatoms. The Morgan fingerprint density at radius 1 is 1.22 bits per heavy atom. The largest absolute Gasteiger partial charge is 0.325 e. The Kier molecular flexibility index (Phi) is 4.55. The van der Waals surface area contributed by atoms with Crippen molar-refractivity contribution in [2.24, 2.45) is 7.05 Å². The Hall–Kier alpha value is -2.19. The molecule has 4 rings (SSSR count). The molecule has 0 radical (unpaired) electrons. The van der Waals surface area contributed by atoms with E-state index in [1.807, 2.05) is 18.2 Å². The number of sulfonamides is 1. The second-order valence-corrected chi connectivity index (χ2v) is 9.41. The van der Waals surface area contributed by atoms with E-state index in [1.54, 1.807) is 17.5 Å². The van der Waals surface area contributed by atoms with E-state index in [9.17, 15) is 8.42 Å². The molecule has 0 N–H and O–H groups in total. The van der Waals surface area contributed by atoms with E-state index in [4.69, 9.17) is 4.98 Å². The first-order valence-corrected chi connectivity index (χ1v) is 10.8. The molecule has 7 nitrogen and oxygen atoms in total. The van der Waals surface area contributed by atoms with Gasteiger partial charge in [-0.05, 0) is 38.8 Å². The second-order valence-electron chi connectivity index (χ2n) is 7.47. The van der Waals surface area contributed by atoms with Crippen molar-refractivity contribution in [1.82, 2.24) is 23.6 Å². The Morgan fingerprint density at radius 2 is 2.00 bits per heavy atom. The fraction of sp³-hybridized carbons (Fsp3) is 0.474. The SMILES string of the molecule is CC(C)n1c(C2CCCN(S(=O)(=O)c3cnn(C)c3)C2)nc2ccccc21. The van der Waals surface area contributed by atoms with Gasteiger partial charge in [-0.2, -0.15) is 9.40 Å². The van der Waals surface area contributed by atoms with Gasteiger partial charge < -0.3 is 4.57 Å². The summed E-state index contributed by atoms with van der Waals surface area (Å²) in [6.45, 7) is 5.28. The van der Waals surface area contributed by atoms with Crippen molar-refractivity contribution in [3.05, 3.63) is 42.5 Å². The maximum atomic E-state index is 13.0. The first-order valence-electron chi connectivity index (χ1n) is 9.33. The summed E-state index contributed by atoms with van der Waals surface area (Å²) in [5.74, 6) is 1.07. The molecule has 27 heavy (non-hydrogen) atoms. The highest BCUT2D eigenvalue weighted by Crippen LogP contribution is 2.33. The number of aryl methyl sites for hydroxylation is 1. The smallest absolute Gasteiger partial charge is 0.246 e. The predicted octanol–water partition coefficient (Wildman–Crippen LogP) is 2.92. The fourth-order valence-electron chi connectivity index (χ4n) is 3.95. The summed E-state index contributed by atoms with van der Waals surface area (Å²) in [6.07, 6.45) is 4.74. The number of hydrogen-bond donors (Lipinski definition) is 0. The topological polar surface area (TPSA) is 73.0 Å². The lowest BCUT2D eigenvalue weighted by atomic mass is 9.98. The van der Waals surface area contributed by atoms with Crippen molar-refractivity contribution in [1.29, 1.82) is 0 Å². The molecule has 1 aromatic carbocycles. The van der Waals surface area contributed by atoms with Gasteiger partial charge in [-0.1, -0.05) is 12.1 Å². The van der Waals surface area contributed by atoms with Gasteiger partial charge in [-0.25, -0.2) is 13.4 Å². The molecular formula is C19H25N5O2S. The lowest BCUT2D eigenvalue weighted by Crippen LogP contribution is -2.39. The van der Waals surface area contributed by atoms with Crippen LogP contribution in [0.5, 0.6) is 0 Å². The third kappa shape index (κ3) is 3.17. The zero-order chi connectivity index (χ0) is 19.2. The number of benzene rings is 1. The normalized spacial score (nSPS) is 19.2. The molecule has 1 saturated heterocycles. The van der Waals surface area contributed by atoms with E-state index in [1.165, 1.54) is 10.9 Å². The monoisotopic (exact) mass is 387 g/mol. The van der Waals surface area contributed by atoms with Gasteiger partial charge in [0.05, 0.1) is 17.2 Å². The quantitative estimate of drug-likeness (QED) is 0.690. The molecule has 0 spiro atoms. The van der Waals surface area contributed by atoms with Crippen LogP contribution in [0.2, 0.25) is 0 Å². The Balaban J connectivity index is 1.70. The highest BCUT2D eigenvalue weighted by molar-refractivity contribution is 7.89. The van der Waals surface area contributed by atoms with Crippen LogP contribution in [0.15, 0.2) is 41.6 Å². The molecule has 1 atom stereocenters. The molecule has 1 aliphatic heterocycles. The van der Waals surface area contributed by atoms with E-state index in [-0.39, 0.29) is 16.9 Å². The van der Waals surface area contributed by atoms with Gasteiger partial charge in [0.15, 0.2) is 0 Å². The molecule has 3 heterocycles. The minimum Gasteiger partial charge on any atom is -0.325 e. The van der Waals surface area contributed by atoms with E-state index in [0.29, 0.717) is 13.1 Å². The molecule has 0 amide bonds. The molecule has 3 aromatic rings. The third-order valence-corrected chi connectivity index (χ3v) is 7.03. The summed E-state index contributed by atoms with van der Waals surface area (Å²) in [5, 5.41) is 4.02. The summed E-state index contributed by atoms with van der Waals surface area (Å²) >= 11 is 0. The van der Waals surface area contributed by atoms with Crippen LogP contribution in [0.3, 0.4) is 0 Å². The van der Waals surface area contributed by atoms with Gasteiger partial charge in [-0.3, -0.25) is 4.68 Å². The number of nitrogens with zero attached hydrogens (tertiary/aromatic N) is 5. The first-order chi connectivity index (χ1) is 12.9. The predicted molar refractivity (Wildman–Crippen MR) is 104 cm³/mol. The zero-order valence-electron chi connectivity index (χ0n) is 15.9. The number of aromatic nitrogens is 4. The second kappa shape index (κ2) is 6.76. The molecule has 0 saturated carbocycles. The minimum absolute atomic E-state index is 0.0833. The van der Waals surface area contributed by atoms with E-state index in [0.717, 1.165) is 29.7 Å². The molecule has 1 aliphatic rings. The zero-order valence-corrected chi connectivity index (χ0v) is 16.7. The first kappa shape index (κ1) is 18.2. The number of rotatable bonds is 4. The van der Waals surface area contributed by atoms with Gasteiger partial charge in [0.1, 0.15) is 10.7 Å². The van der Waals surface area contributed by atoms with Crippen LogP contribution in [-0.2, 0) is 17.1 Å². The van der Waals surface area contributed by atoms with Crippen molar-refractivity contribution in [2.75, 3.05) is 13.1 Å². The summed E-state index contributed by atoms with van der Waals surface area (Å²) in [6, 6.07) is 8.37. The molecule has 0 bridgehead atoms. The van der Waals surface area contributed by atoms with Crippen molar-refractivity contribution >= 4 is 21.1 Å². The molecular weight excluding hydrogens is 362 g/mol. The molecule has 1 unspecified atom stereocenters. The Bertz CT molecular complexity index is 1070. The van der Waals surface area contributed by atoms with Gasteiger partial charge in [0.25, 0.3) is 0 Å². The standard InChI is InChI=1S/C19H25N5O2S/c1-14(2)24-18-9-5-4-8-17(18)21-19(24)15-7-6-10-23(12-15)27(25,26)16-11-20-22(3)13-16/h4-5,8-9,11,13-15H,6-7,10,12H2,1-3H3. The minimum atomic E-state index is -3.53. The van der Waals surface area contributed by atoms with Crippen LogP contribution < -0.4 is 0 Å². The molecule has 144 valence electrons. The maximum Gasteiger partial charge on any atom is 0.246 e. The van der Waals surface area contributed by atoms with Gasteiger partial charge >= 0.3 is 0 Å². The van der Waals surface area contributed by atoms with Gasteiger partial charge in [-0.15, -0.1) is 0 Å². The molecule has 1 fully saturated rings. The fourth-order valence-corrected chi connectivity index (χ4v) is 5.46. The third-order valence-electron chi connectivity index (χ3n) is 5.21. The van der Waals surface area contributed by atoms with Crippen molar-refractivity contribution < 1.29 is 8.42 Å². The van der Waals surface area contributed by atoms with Crippen molar-refractivity contribution in [3.63, 3.8) is 0 Å². The van der Waals surface area contributed by atoms with Gasteiger partial charge in [0, 0.05) is 38.3 Å². The number of imidazole rings is 1. The van der Waals surface area contributed by atoms with Crippen LogP contribution in [0.4, 0.5) is 0 Å². The van der Waals surface area contributed by atoms with Gasteiger partial charge in [0.2, 0.25) is 10.0 Å². The summed E-state index contributed by atoms with van der Waals surface area (Å²) in [4.78, 5) is 5.13. The van der Waals surface area contributed by atoms with E-state index < -0.39 is 10.0 Å². The van der Waals surface area contributed by atoms with Crippen LogP contribution in [0.1, 0.15) is 44.5 Å². The number of fused-ring (bicyclic) bond motifs is 1. The van der Waals surface area contributed by atoms with Crippen LogP contribution >= 0.6 is 0 Å². The number of hydrogen-bond acceptors (Lipinski definition) is 4. The Morgan fingerprint density at radius 3 is 2.70 bits per heavy atom. The van der Waals surface area contributed by atoms with E-state index >= 15 is 0 Å². The Labute approximate surface area is 159 Å². The van der Waals surface area contributed by atoms with Crippen molar-refractivity contribution in [2.45, 2.75) is 43.5 Å². The number of para-hydroxylation sites is 2. The lowest BCUT2D eigenvalue weighted by Gasteiger charge is -2.32.